The van der Waals surface area contributed by atoms with Gasteiger partial charge in [0.25, 0.3) is 5.92 Å². The van der Waals surface area contributed by atoms with E-state index in [-0.39, 0.29) is 13.0 Å². The molecule has 88 valence electrons. The molecule has 1 heterocycles. The molecule has 0 radical (unpaired) electrons. The van der Waals surface area contributed by atoms with Crippen LogP contribution in [0, 0.1) is 0 Å². The number of hydrogen-bond acceptors (Lipinski definition) is 2. The summed E-state index contributed by atoms with van der Waals surface area (Å²) < 4.78 is 26.2. The van der Waals surface area contributed by atoms with Gasteiger partial charge in [0.15, 0.2) is 0 Å². The van der Waals surface area contributed by atoms with E-state index in [9.17, 15) is 8.78 Å². The second-order valence-corrected chi connectivity index (χ2v) is 4.26. The van der Waals surface area contributed by atoms with Crippen molar-refractivity contribution in [1.82, 2.24) is 0 Å². The van der Waals surface area contributed by atoms with E-state index in [1.807, 2.05) is 19.1 Å². The number of nitrogen functional groups attached to an aromatic ring is 1. The molecule has 1 aromatic rings. The number of benzene rings is 1. The molecule has 1 saturated heterocycles. The molecule has 0 bridgehead atoms. The van der Waals surface area contributed by atoms with Crippen LogP contribution in [0.3, 0.4) is 0 Å². The van der Waals surface area contributed by atoms with E-state index < -0.39 is 5.92 Å². The normalized spacial score (nSPS) is 19.1. The highest BCUT2D eigenvalue weighted by atomic mass is 19.3. The monoisotopic (exact) mass is 226 g/mol. The molecule has 0 unspecified atom stereocenters. The topological polar surface area (TPSA) is 29.3 Å². The van der Waals surface area contributed by atoms with E-state index in [0.717, 1.165) is 23.4 Å². The first kappa shape index (κ1) is 11.2. The molecule has 4 heteroatoms. The van der Waals surface area contributed by atoms with Crippen LogP contribution in [0.5, 0.6) is 0 Å². The van der Waals surface area contributed by atoms with Gasteiger partial charge in [0, 0.05) is 24.3 Å². The highest BCUT2D eigenvalue weighted by Gasteiger charge is 2.38. The summed E-state index contributed by atoms with van der Waals surface area (Å²) in [6.07, 6.45) is 0.767. The molecule has 2 rings (SSSR count). The molecule has 0 saturated carbocycles. The third-order valence-corrected chi connectivity index (χ3v) is 3.04. The number of alkyl halides is 2. The molecular weight excluding hydrogens is 210 g/mol. The van der Waals surface area contributed by atoms with Crippen molar-refractivity contribution in [2.24, 2.45) is 0 Å². The molecule has 16 heavy (non-hydrogen) atoms. The van der Waals surface area contributed by atoms with E-state index >= 15 is 0 Å². The maximum absolute atomic E-state index is 13.1. The van der Waals surface area contributed by atoms with Gasteiger partial charge in [-0.2, -0.15) is 0 Å². The van der Waals surface area contributed by atoms with E-state index in [0.29, 0.717) is 6.54 Å². The summed E-state index contributed by atoms with van der Waals surface area (Å²) in [5.74, 6) is -2.55. The fraction of sp³-hybridized carbons (Fsp3) is 0.500. The molecule has 1 aliphatic heterocycles. The SMILES string of the molecule is CCc1cc(N2CCC(F)(F)C2)ccc1N. The van der Waals surface area contributed by atoms with Gasteiger partial charge in [0.05, 0.1) is 6.54 Å². The maximum Gasteiger partial charge on any atom is 0.266 e. The van der Waals surface area contributed by atoms with Crippen LogP contribution in [0.15, 0.2) is 18.2 Å². The van der Waals surface area contributed by atoms with Crippen LogP contribution in [0.1, 0.15) is 18.9 Å². The molecule has 2 nitrogen and oxygen atoms in total. The van der Waals surface area contributed by atoms with E-state index in [1.54, 1.807) is 11.0 Å². The number of hydrogen-bond donors (Lipinski definition) is 1. The fourth-order valence-electron chi connectivity index (χ4n) is 2.05. The van der Waals surface area contributed by atoms with E-state index in [1.165, 1.54) is 0 Å². The molecule has 0 aromatic heterocycles. The average Bonchev–Trinajstić information content (AvgIpc) is 2.59. The average molecular weight is 226 g/mol. The highest BCUT2D eigenvalue weighted by Crippen LogP contribution is 2.32. The lowest BCUT2D eigenvalue weighted by Gasteiger charge is -2.19. The number of rotatable bonds is 2. The lowest BCUT2D eigenvalue weighted by atomic mass is 10.1. The Kier molecular flexibility index (Phi) is 2.74. The van der Waals surface area contributed by atoms with Crippen molar-refractivity contribution in [2.45, 2.75) is 25.7 Å². The van der Waals surface area contributed by atoms with Crippen LogP contribution < -0.4 is 10.6 Å². The molecule has 1 aliphatic rings. The van der Waals surface area contributed by atoms with Crippen molar-refractivity contribution in [3.63, 3.8) is 0 Å². The summed E-state index contributed by atoms with van der Waals surface area (Å²) in [4.78, 5) is 1.72. The van der Waals surface area contributed by atoms with Crippen LogP contribution in [0.2, 0.25) is 0 Å². The number of anilines is 2. The minimum atomic E-state index is -2.55. The number of nitrogens with zero attached hydrogens (tertiary/aromatic N) is 1. The Balaban J connectivity index is 2.22. The predicted octanol–water partition coefficient (Wildman–Crippen LogP) is 2.68. The van der Waals surface area contributed by atoms with Gasteiger partial charge < -0.3 is 10.6 Å². The van der Waals surface area contributed by atoms with Gasteiger partial charge in [-0.1, -0.05) is 6.92 Å². The third kappa shape index (κ3) is 2.10. The molecule has 0 amide bonds. The van der Waals surface area contributed by atoms with Gasteiger partial charge in [0.2, 0.25) is 0 Å². The molecular formula is C12H16F2N2. The number of nitrogens with two attached hydrogens (primary N) is 1. The summed E-state index contributed by atoms with van der Waals surface area (Å²) in [5.41, 5.74) is 8.39. The third-order valence-electron chi connectivity index (χ3n) is 3.04. The maximum atomic E-state index is 13.1. The van der Waals surface area contributed by atoms with Crippen LogP contribution in [0.4, 0.5) is 20.2 Å². The van der Waals surface area contributed by atoms with E-state index in [4.69, 9.17) is 5.73 Å². The Morgan fingerprint density at radius 1 is 1.44 bits per heavy atom. The van der Waals surface area contributed by atoms with Crippen molar-refractivity contribution in [1.29, 1.82) is 0 Å². The van der Waals surface area contributed by atoms with Crippen molar-refractivity contribution >= 4 is 11.4 Å². The summed E-state index contributed by atoms with van der Waals surface area (Å²) in [7, 11) is 0. The molecule has 2 N–H and O–H groups in total. The largest absolute Gasteiger partial charge is 0.399 e. The van der Waals surface area contributed by atoms with Crippen molar-refractivity contribution in [3.8, 4) is 0 Å². The van der Waals surface area contributed by atoms with Crippen LogP contribution in [-0.4, -0.2) is 19.0 Å². The first-order chi connectivity index (χ1) is 7.52. The second-order valence-electron chi connectivity index (χ2n) is 4.26. The molecule has 1 aromatic carbocycles. The number of aryl methyl sites for hydroxylation is 1. The van der Waals surface area contributed by atoms with E-state index in [2.05, 4.69) is 0 Å². The van der Waals surface area contributed by atoms with Gasteiger partial charge in [0.1, 0.15) is 0 Å². The van der Waals surface area contributed by atoms with Crippen LogP contribution >= 0.6 is 0 Å². The fourth-order valence-corrected chi connectivity index (χ4v) is 2.05. The minimum Gasteiger partial charge on any atom is -0.399 e. The Hall–Kier alpha value is -1.32. The first-order valence-corrected chi connectivity index (χ1v) is 5.53. The first-order valence-electron chi connectivity index (χ1n) is 5.53. The lowest BCUT2D eigenvalue weighted by Crippen LogP contribution is -2.24. The van der Waals surface area contributed by atoms with Gasteiger partial charge in [-0.3, -0.25) is 0 Å². The zero-order valence-corrected chi connectivity index (χ0v) is 9.34. The van der Waals surface area contributed by atoms with Gasteiger partial charge in [-0.15, -0.1) is 0 Å². The quantitative estimate of drug-likeness (QED) is 0.785. The number of halogens is 2. The summed E-state index contributed by atoms with van der Waals surface area (Å²) in [5, 5.41) is 0. The van der Waals surface area contributed by atoms with Crippen molar-refractivity contribution < 1.29 is 8.78 Å². The Bertz CT molecular complexity index is 391. The smallest absolute Gasteiger partial charge is 0.266 e. The molecule has 0 aliphatic carbocycles. The van der Waals surface area contributed by atoms with Crippen LogP contribution in [-0.2, 0) is 6.42 Å². The Labute approximate surface area is 94.0 Å². The Morgan fingerprint density at radius 3 is 2.75 bits per heavy atom. The standard InChI is InChI=1S/C12H16F2N2/c1-2-9-7-10(3-4-11(9)15)16-6-5-12(13,14)8-16/h3-4,7H,2,5-6,8,15H2,1H3. The van der Waals surface area contributed by atoms with Crippen molar-refractivity contribution in [2.75, 3.05) is 23.7 Å². The van der Waals surface area contributed by atoms with Crippen molar-refractivity contribution in [3.05, 3.63) is 23.8 Å². The molecule has 1 fully saturated rings. The van der Waals surface area contributed by atoms with Gasteiger partial charge in [-0.25, -0.2) is 8.78 Å². The zero-order chi connectivity index (χ0) is 11.8. The highest BCUT2D eigenvalue weighted by molar-refractivity contribution is 5.59. The predicted molar refractivity (Wildman–Crippen MR) is 62.0 cm³/mol. The van der Waals surface area contributed by atoms with Crippen LogP contribution in [0.25, 0.3) is 0 Å². The Morgan fingerprint density at radius 2 is 2.19 bits per heavy atom. The second kappa shape index (κ2) is 3.92. The molecule has 0 spiro atoms. The minimum absolute atomic E-state index is 0.0567. The van der Waals surface area contributed by atoms with Gasteiger partial charge >= 0.3 is 0 Å². The summed E-state index contributed by atoms with van der Waals surface area (Å²) in [6, 6.07) is 5.53. The summed E-state index contributed by atoms with van der Waals surface area (Å²) in [6.45, 7) is 2.24. The van der Waals surface area contributed by atoms with Gasteiger partial charge in [-0.05, 0) is 30.2 Å². The molecule has 0 atom stereocenters. The summed E-state index contributed by atoms with van der Waals surface area (Å²) >= 11 is 0. The lowest BCUT2D eigenvalue weighted by molar-refractivity contribution is 0.0257. The zero-order valence-electron chi connectivity index (χ0n) is 9.34.